The van der Waals surface area contributed by atoms with Crippen molar-refractivity contribution < 1.29 is 0 Å². The first-order valence-electron chi connectivity index (χ1n) is 8.02. The van der Waals surface area contributed by atoms with Crippen LogP contribution in [-0.2, 0) is 0 Å². The average molecular weight is 236 g/mol. The van der Waals surface area contributed by atoms with E-state index in [0.717, 1.165) is 0 Å². The summed E-state index contributed by atoms with van der Waals surface area (Å²) in [5.74, 6) is 0. The predicted octanol–water partition coefficient (Wildman–Crippen LogP) is 6.41. The molecule has 0 atom stereocenters. The maximum atomic E-state index is 2.36. The molecule has 0 unspecified atom stereocenters. The quantitative estimate of drug-likeness (QED) is 0.320. The van der Waals surface area contributed by atoms with Gasteiger partial charge in [-0.25, -0.2) is 0 Å². The van der Waals surface area contributed by atoms with Gasteiger partial charge >= 0.3 is 0 Å². The zero-order chi connectivity index (χ0) is 12.3. The minimum Gasteiger partial charge on any atom is -0.0741 e. The Hall–Kier alpha value is -0.260. The Kier molecular flexibility index (Phi) is 8.48. The number of allylic oxidation sites excluding steroid dienone is 2. The largest absolute Gasteiger partial charge is 0.0741 e. The molecule has 100 valence electrons. The Morgan fingerprint density at radius 3 is 2.00 bits per heavy atom. The molecule has 0 aromatic carbocycles. The van der Waals surface area contributed by atoms with Crippen molar-refractivity contribution in [3.05, 3.63) is 11.1 Å². The Morgan fingerprint density at radius 1 is 0.765 bits per heavy atom. The fourth-order valence-electron chi connectivity index (χ4n) is 2.93. The van der Waals surface area contributed by atoms with Crippen LogP contribution in [0.15, 0.2) is 11.1 Å². The highest BCUT2D eigenvalue weighted by Crippen LogP contribution is 2.28. The Labute approximate surface area is 109 Å². The summed E-state index contributed by atoms with van der Waals surface area (Å²) in [6.07, 6.45) is 18.7. The summed E-state index contributed by atoms with van der Waals surface area (Å²) >= 11 is 0. The van der Waals surface area contributed by atoms with Crippen molar-refractivity contribution in [3.63, 3.8) is 0 Å². The summed E-state index contributed by atoms with van der Waals surface area (Å²) in [6.45, 7) is 4.65. The summed E-state index contributed by atoms with van der Waals surface area (Å²) in [7, 11) is 0. The molecule has 17 heavy (non-hydrogen) atoms. The van der Waals surface area contributed by atoms with Crippen LogP contribution in [0.3, 0.4) is 0 Å². The van der Waals surface area contributed by atoms with Crippen LogP contribution >= 0.6 is 0 Å². The number of rotatable bonds is 9. The molecule has 1 aliphatic carbocycles. The van der Waals surface area contributed by atoms with Crippen LogP contribution in [0.1, 0.15) is 97.3 Å². The second-order valence-electron chi connectivity index (χ2n) is 5.82. The molecular formula is C17H32. The second-order valence-corrected chi connectivity index (χ2v) is 5.82. The zero-order valence-corrected chi connectivity index (χ0v) is 12.2. The molecular weight excluding hydrogens is 204 g/mol. The molecule has 0 aromatic heterocycles. The number of hydrogen-bond donors (Lipinski definition) is 0. The summed E-state index contributed by atoms with van der Waals surface area (Å²) < 4.78 is 0. The van der Waals surface area contributed by atoms with Crippen LogP contribution in [0.4, 0.5) is 0 Å². The van der Waals surface area contributed by atoms with Gasteiger partial charge in [-0.2, -0.15) is 0 Å². The van der Waals surface area contributed by atoms with Gasteiger partial charge in [-0.05, 0) is 45.4 Å². The van der Waals surface area contributed by atoms with Gasteiger partial charge in [-0.15, -0.1) is 0 Å². The topological polar surface area (TPSA) is 0 Å². The first-order valence-corrected chi connectivity index (χ1v) is 8.02. The van der Waals surface area contributed by atoms with Crippen LogP contribution in [0, 0.1) is 0 Å². The lowest BCUT2D eigenvalue weighted by atomic mass is 9.89. The van der Waals surface area contributed by atoms with Gasteiger partial charge in [-0.3, -0.25) is 0 Å². The highest BCUT2D eigenvalue weighted by Gasteiger charge is 2.08. The van der Waals surface area contributed by atoms with Crippen molar-refractivity contribution >= 4 is 0 Å². The van der Waals surface area contributed by atoms with Gasteiger partial charge in [0.15, 0.2) is 0 Å². The highest BCUT2D eigenvalue weighted by atomic mass is 14.1. The molecule has 0 fully saturated rings. The summed E-state index contributed by atoms with van der Waals surface area (Å²) in [6, 6.07) is 0. The monoisotopic (exact) mass is 236 g/mol. The molecule has 1 rings (SSSR count). The van der Waals surface area contributed by atoms with Crippen LogP contribution in [0.25, 0.3) is 0 Å². The van der Waals surface area contributed by atoms with Crippen LogP contribution < -0.4 is 0 Å². The van der Waals surface area contributed by atoms with E-state index in [1.54, 1.807) is 5.57 Å². The van der Waals surface area contributed by atoms with Gasteiger partial charge in [0, 0.05) is 0 Å². The molecule has 0 heteroatoms. The lowest BCUT2D eigenvalue weighted by molar-refractivity contribution is 0.563. The molecule has 0 aliphatic heterocycles. The minimum atomic E-state index is 1.37. The van der Waals surface area contributed by atoms with E-state index in [9.17, 15) is 0 Å². The molecule has 0 amide bonds. The number of unbranched alkanes of at least 4 members (excludes halogenated alkanes) is 7. The SMILES string of the molecule is CCCCCCCCCCC1=C(C)CCCC1. The summed E-state index contributed by atoms with van der Waals surface area (Å²) in [4.78, 5) is 0. The maximum Gasteiger partial charge on any atom is -0.0318 e. The van der Waals surface area contributed by atoms with Crippen LogP contribution in [0.5, 0.6) is 0 Å². The van der Waals surface area contributed by atoms with Gasteiger partial charge < -0.3 is 0 Å². The first kappa shape index (κ1) is 14.8. The third-order valence-corrected chi connectivity index (χ3v) is 4.22. The van der Waals surface area contributed by atoms with Crippen LogP contribution in [-0.4, -0.2) is 0 Å². The third kappa shape index (κ3) is 6.91. The van der Waals surface area contributed by atoms with Gasteiger partial charge in [-0.1, -0.05) is 63.0 Å². The molecule has 0 radical (unpaired) electrons. The smallest absolute Gasteiger partial charge is 0.0318 e. The van der Waals surface area contributed by atoms with Gasteiger partial charge in [0.25, 0.3) is 0 Å². The molecule has 1 aliphatic rings. The molecule has 0 saturated heterocycles. The average Bonchev–Trinajstić information content (AvgIpc) is 2.35. The van der Waals surface area contributed by atoms with E-state index in [0.29, 0.717) is 0 Å². The molecule has 0 aromatic rings. The van der Waals surface area contributed by atoms with E-state index in [4.69, 9.17) is 0 Å². The van der Waals surface area contributed by atoms with Gasteiger partial charge in [0.2, 0.25) is 0 Å². The van der Waals surface area contributed by atoms with Crippen molar-refractivity contribution in [1.82, 2.24) is 0 Å². The number of hydrogen-bond acceptors (Lipinski definition) is 0. The van der Waals surface area contributed by atoms with Crippen molar-refractivity contribution in [1.29, 1.82) is 0 Å². The highest BCUT2D eigenvalue weighted by molar-refractivity contribution is 5.14. The molecule has 0 spiro atoms. The Balaban J connectivity index is 1.93. The van der Waals surface area contributed by atoms with Crippen molar-refractivity contribution in [2.24, 2.45) is 0 Å². The molecule has 0 nitrogen and oxygen atoms in total. The van der Waals surface area contributed by atoms with E-state index in [1.807, 2.05) is 5.57 Å². The first-order chi connectivity index (χ1) is 8.34. The second kappa shape index (κ2) is 9.74. The van der Waals surface area contributed by atoms with Gasteiger partial charge in [0.1, 0.15) is 0 Å². The summed E-state index contributed by atoms with van der Waals surface area (Å²) in [5, 5.41) is 0. The molecule has 0 N–H and O–H groups in total. The maximum absolute atomic E-state index is 2.36. The Morgan fingerprint density at radius 2 is 1.35 bits per heavy atom. The summed E-state index contributed by atoms with van der Waals surface area (Å²) in [5.41, 5.74) is 3.53. The van der Waals surface area contributed by atoms with Crippen molar-refractivity contribution in [3.8, 4) is 0 Å². The Bertz CT molecular complexity index is 212. The van der Waals surface area contributed by atoms with E-state index in [-0.39, 0.29) is 0 Å². The minimum absolute atomic E-state index is 1.37. The standard InChI is InChI=1S/C17H32/c1-3-4-5-6-7-8-9-10-14-17-15-12-11-13-16(17)2/h3-15H2,1-2H3. The van der Waals surface area contributed by atoms with E-state index in [2.05, 4.69) is 13.8 Å². The lowest BCUT2D eigenvalue weighted by Gasteiger charge is -2.17. The fourth-order valence-corrected chi connectivity index (χ4v) is 2.93. The molecule has 0 bridgehead atoms. The van der Waals surface area contributed by atoms with Gasteiger partial charge in [0.05, 0.1) is 0 Å². The van der Waals surface area contributed by atoms with Crippen LogP contribution in [0.2, 0.25) is 0 Å². The fraction of sp³-hybridized carbons (Fsp3) is 0.882. The van der Waals surface area contributed by atoms with E-state index in [1.165, 1.54) is 83.5 Å². The van der Waals surface area contributed by atoms with E-state index >= 15 is 0 Å². The van der Waals surface area contributed by atoms with Crippen molar-refractivity contribution in [2.75, 3.05) is 0 Å². The zero-order valence-electron chi connectivity index (χ0n) is 12.2. The van der Waals surface area contributed by atoms with E-state index < -0.39 is 0 Å². The third-order valence-electron chi connectivity index (χ3n) is 4.22. The van der Waals surface area contributed by atoms with Crippen molar-refractivity contribution in [2.45, 2.75) is 97.3 Å². The lowest BCUT2D eigenvalue weighted by Crippen LogP contribution is -1.97. The normalized spacial score (nSPS) is 16.6. The molecule has 0 saturated carbocycles. The predicted molar refractivity (Wildman–Crippen MR) is 78.4 cm³/mol. The molecule has 0 heterocycles.